The summed E-state index contributed by atoms with van der Waals surface area (Å²) in [5.74, 6) is 1.86. The van der Waals surface area contributed by atoms with Crippen LogP contribution in [0.4, 0.5) is 16.2 Å². The first-order valence-electron chi connectivity index (χ1n) is 15.2. The second kappa shape index (κ2) is 11.6. The first-order chi connectivity index (χ1) is 21.4. The van der Waals surface area contributed by atoms with Crippen LogP contribution in [-0.2, 0) is 9.59 Å². The Morgan fingerprint density at radius 1 is 1.07 bits per heavy atom. The molecule has 9 nitrogen and oxygen atoms in total. The molecule has 2 unspecified atom stereocenters. The topological polar surface area (TPSA) is 104 Å². The van der Waals surface area contributed by atoms with E-state index in [9.17, 15) is 14.4 Å². The van der Waals surface area contributed by atoms with Crippen LogP contribution in [0.3, 0.4) is 0 Å². The Balaban J connectivity index is 1.07. The van der Waals surface area contributed by atoms with Crippen molar-refractivity contribution in [2.24, 2.45) is 5.92 Å². The molecule has 44 heavy (non-hydrogen) atoms. The lowest BCUT2D eigenvalue weighted by Crippen LogP contribution is -2.53. The van der Waals surface area contributed by atoms with Gasteiger partial charge in [-0.15, -0.1) is 0 Å². The Morgan fingerprint density at radius 3 is 2.66 bits per heavy atom. The zero-order valence-corrected chi connectivity index (χ0v) is 25.6. The summed E-state index contributed by atoms with van der Waals surface area (Å²) in [5.41, 5.74) is 3.96. The molecule has 0 spiro atoms. The normalized spacial score (nSPS) is 22.7. The first kappa shape index (κ1) is 28.5. The number of allylic oxidation sites excluding steroid dienone is 1. The van der Waals surface area contributed by atoms with Crippen molar-refractivity contribution in [1.82, 2.24) is 20.5 Å². The molecule has 1 aliphatic carbocycles. The number of thioether (sulfide) groups is 1. The van der Waals surface area contributed by atoms with E-state index >= 15 is 0 Å². The number of pyridine rings is 1. The molecule has 3 aliphatic heterocycles. The average molecular weight is 610 g/mol. The molecule has 3 aromatic rings. The fourth-order valence-corrected chi connectivity index (χ4v) is 7.57. The number of carbonyl (C=O) groups is 3. The summed E-state index contributed by atoms with van der Waals surface area (Å²) < 4.78 is 5.99. The Labute approximate surface area is 261 Å². The highest BCUT2D eigenvalue weighted by Gasteiger charge is 2.47. The van der Waals surface area contributed by atoms with Crippen molar-refractivity contribution in [3.05, 3.63) is 83.6 Å². The number of aromatic nitrogens is 1. The van der Waals surface area contributed by atoms with Crippen LogP contribution in [0.5, 0.6) is 11.5 Å². The van der Waals surface area contributed by atoms with E-state index < -0.39 is 11.3 Å². The van der Waals surface area contributed by atoms with Crippen LogP contribution in [0.1, 0.15) is 49.8 Å². The minimum absolute atomic E-state index is 0.0573. The number of urea groups is 1. The van der Waals surface area contributed by atoms with Crippen LogP contribution in [0.15, 0.2) is 77.5 Å². The van der Waals surface area contributed by atoms with Crippen LogP contribution in [-0.4, -0.2) is 52.1 Å². The molecule has 1 saturated carbocycles. The minimum Gasteiger partial charge on any atom is -0.457 e. The van der Waals surface area contributed by atoms with Crippen molar-refractivity contribution in [2.45, 2.75) is 61.9 Å². The fraction of sp³-hybridized carbons (Fsp3) is 0.353. The lowest BCUT2D eigenvalue weighted by Gasteiger charge is -2.36. The average Bonchev–Trinajstić information content (AvgIpc) is 3.76. The van der Waals surface area contributed by atoms with Gasteiger partial charge < -0.3 is 20.3 Å². The monoisotopic (exact) mass is 609 g/mol. The summed E-state index contributed by atoms with van der Waals surface area (Å²) >= 11 is 1.38. The van der Waals surface area contributed by atoms with Gasteiger partial charge in [0.2, 0.25) is 11.8 Å². The second-order valence-corrected chi connectivity index (χ2v) is 13.1. The third kappa shape index (κ3) is 5.54. The van der Waals surface area contributed by atoms with E-state index in [2.05, 4.69) is 21.7 Å². The summed E-state index contributed by atoms with van der Waals surface area (Å²) in [7, 11) is 0. The van der Waals surface area contributed by atoms with Crippen LogP contribution in [0, 0.1) is 12.8 Å². The van der Waals surface area contributed by atoms with Crippen molar-refractivity contribution in [2.75, 3.05) is 18.0 Å². The number of amides is 4. The predicted molar refractivity (Wildman–Crippen MR) is 169 cm³/mol. The smallest absolute Gasteiger partial charge is 0.327 e. The van der Waals surface area contributed by atoms with E-state index in [1.165, 1.54) is 11.8 Å². The molecule has 7 rings (SSSR count). The van der Waals surface area contributed by atoms with Gasteiger partial charge in [-0.2, -0.15) is 0 Å². The van der Waals surface area contributed by atoms with E-state index in [4.69, 9.17) is 4.74 Å². The lowest BCUT2D eigenvalue weighted by atomic mass is 9.98. The summed E-state index contributed by atoms with van der Waals surface area (Å²) in [6.45, 7) is 5.02. The Hall–Kier alpha value is -4.31. The molecule has 10 heteroatoms. The largest absolute Gasteiger partial charge is 0.457 e. The molecule has 2 aromatic carbocycles. The molecule has 1 saturated heterocycles. The highest BCUT2D eigenvalue weighted by atomic mass is 32.2. The number of benzene rings is 2. The molecule has 226 valence electrons. The first-order valence-corrected chi connectivity index (χ1v) is 16.1. The van der Waals surface area contributed by atoms with Crippen LogP contribution in [0.25, 0.3) is 0 Å². The number of para-hydroxylation sites is 1. The van der Waals surface area contributed by atoms with Gasteiger partial charge in [0.05, 0.1) is 17.4 Å². The molecular weight excluding hydrogens is 574 g/mol. The number of anilines is 2. The predicted octanol–water partition coefficient (Wildman–Crippen LogP) is 6.02. The number of ether oxygens (including phenoxy) is 1. The molecule has 1 aromatic heterocycles. The van der Waals surface area contributed by atoms with Crippen LogP contribution in [0.2, 0.25) is 0 Å². The summed E-state index contributed by atoms with van der Waals surface area (Å²) in [4.78, 5) is 48.5. The molecule has 2 N–H and O–H groups in total. The van der Waals surface area contributed by atoms with Crippen molar-refractivity contribution in [3.8, 4) is 11.5 Å². The summed E-state index contributed by atoms with van der Waals surface area (Å²) in [6, 6.07) is 16.1. The Kier molecular flexibility index (Phi) is 7.53. The van der Waals surface area contributed by atoms with Gasteiger partial charge in [-0.3, -0.25) is 14.5 Å². The number of likely N-dealkylation sites (tertiary alicyclic amines) is 1. The maximum atomic E-state index is 13.7. The van der Waals surface area contributed by atoms with Gasteiger partial charge in [0.15, 0.2) is 0 Å². The quantitative estimate of drug-likeness (QED) is 0.318. The van der Waals surface area contributed by atoms with Gasteiger partial charge in [-0.25, -0.2) is 9.78 Å². The van der Waals surface area contributed by atoms with Gasteiger partial charge in [0, 0.05) is 36.5 Å². The van der Waals surface area contributed by atoms with Gasteiger partial charge in [-0.05, 0) is 87.4 Å². The maximum Gasteiger partial charge on any atom is 0.327 e. The van der Waals surface area contributed by atoms with Gasteiger partial charge in [0.25, 0.3) is 0 Å². The van der Waals surface area contributed by atoms with Crippen LogP contribution >= 0.6 is 11.8 Å². The molecule has 4 amide bonds. The van der Waals surface area contributed by atoms with Gasteiger partial charge in [-0.1, -0.05) is 36.0 Å². The summed E-state index contributed by atoms with van der Waals surface area (Å²) in [5, 5.41) is 6.47. The molecule has 0 bridgehead atoms. The van der Waals surface area contributed by atoms with Crippen molar-refractivity contribution < 1.29 is 19.1 Å². The zero-order chi connectivity index (χ0) is 30.4. The van der Waals surface area contributed by atoms with E-state index in [1.54, 1.807) is 11.1 Å². The fourth-order valence-electron chi connectivity index (χ4n) is 6.33. The van der Waals surface area contributed by atoms with E-state index in [0.29, 0.717) is 24.8 Å². The zero-order valence-electron chi connectivity index (χ0n) is 24.8. The van der Waals surface area contributed by atoms with Gasteiger partial charge >= 0.3 is 6.03 Å². The van der Waals surface area contributed by atoms with Crippen molar-refractivity contribution >= 4 is 41.0 Å². The standard InChI is InChI=1S/C34H35N5O4S/c1-20-18-25(43-24-8-4-3-5-9-24)12-13-26(20)39-27-14-15-35-32-28(27)29(37-34(39)42)30(44-32)31(40)36-23-7-6-16-38(19-23)33(41)21(2)17-22-10-11-22/h3-5,8-9,12-15,17-18,22-23,29-30H,6-7,10-11,16,19H2,1-2H3,(H,36,40)(H,37,42)/b21-17+/t23?,29?,30-/m1/s1. The number of rotatable bonds is 7. The summed E-state index contributed by atoms with van der Waals surface area (Å²) in [6.07, 6.45) is 7.74. The number of carbonyl (C=O) groups excluding carboxylic acids is 3. The van der Waals surface area contributed by atoms with E-state index in [0.717, 1.165) is 64.5 Å². The van der Waals surface area contributed by atoms with Crippen molar-refractivity contribution in [1.29, 1.82) is 0 Å². The molecular formula is C34H35N5O4S. The lowest BCUT2D eigenvalue weighted by molar-refractivity contribution is -0.130. The van der Waals surface area contributed by atoms with Gasteiger partial charge in [0.1, 0.15) is 21.8 Å². The third-order valence-corrected chi connectivity index (χ3v) is 9.94. The SMILES string of the molecule is C/C(=C\C1CC1)C(=O)N1CCCC(NC(=O)[C@@H]2Sc3nccc4c3C2NC(=O)N4c2ccc(Oc3ccccc3)cc2C)C1. The third-order valence-electron chi connectivity index (χ3n) is 8.65. The Morgan fingerprint density at radius 2 is 1.89 bits per heavy atom. The maximum absolute atomic E-state index is 13.7. The van der Waals surface area contributed by atoms with E-state index in [1.807, 2.05) is 73.3 Å². The Bertz CT molecular complexity index is 1660. The number of aryl methyl sites for hydroxylation is 1. The number of nitrogens with zero attached hydrogens (tertiary/aromatic N) is 3. The molecule has 2 fully saturated rings. The molecule has 3 atom stereocenters. The van der Waals surface area contributed by atoms with E-state index in [-0.39, 0.29) is 23.9 Å². The minimum atomic E-state index is -0.560. The van der Waals surface area contributed by atoms with Crippen molar-refractivity contribution in [3.63, 3.8) is 0 Å². The second-order valence-electron chi connectivity index (χ2n) is 12.0. The molecule has 0 radical (unpaired) electrons. The molecule has 4 aliphatic rings. The van der Waals surface area contributed by atoms with Crippen LogP contribution < -0.4 is 20.3 Å². The number of nitrogens with one attached hydrogen (secondary N) is 2. The number of piperidine rings is 1. The number of hydrogen-bond acceptors (Lipinski definition) is 6. The molecule has 4 heterocycles. The highest BCUT2D eigenvalue weighted by Crippen LogP contribution is 2.51. The number of hydrogen-bond donors (Lipinski definition) is 2. The highest BCUT2D eigenvalue weighted by molar-refractivity contribution is 8.01.